The van der Waals surface area contributed by atoms with Gasteiger partial charge in [-0.25, -0.2) is 0 Å². The standard InChI is InChI=1S/C24H36N2O4/c1-18(28-2)22(27)16-20-8-6-19(7-9-20)10-11-25-12-14-26(15-13-25)21-4-3-5-23-24(21)30-17-29-23/h3-5,18-20H,6-17H2,1-2H3/t18-,19?,20?/m1/s1/i17D2. The van der Waals surface area contributed by atoms with Gasteiger partial charge in [0.2, 0.25) is 6.75 Å². The zero-order valence-corrected chi connectivity index (χ0v) is 18.3. The van der Waals surface area contributed by atoms with Crippen LogP contribution in [0.5, 0.6) is 11.5 Å². The third kappa shape index (κ3) is 5.09. The van der Waals surface area contributed by atoms with E-state index in [9.17, 15) is 4.79 Å². The summed E-state index contributed by atoms with van der Waals surface area (Å²) in [4.78, 5) is 16.9. The highest BCUT2D eigenvalue weighted by molar-refractivity contribution is 5.82. The Hall–Kier alpha value is -1.79. The molecule has 2 heterocycles. The molecule has 1 saturated heterocycles. The number of fused-ring (bicyclic) bond motifs is 1. The van der Waals surface area contributed by atoms with Gasteiger partial charge in [0.05, 0.1) is 5.69 Å². The van der Waals surface area contributed by atoms with Crippen LogP contribution in [0.4, 0.5) is 5.69 Å². The van der Waals surface area contributed by atoms with Gasteiger partial charge in [-0.2, -0.15) is 0 Å². The van der Waals surface area contributed by atoms with Gasteiger partial charge in [-0.1, -0.05) is 18.9 Å². The summed E-state index contributed by atoms with van der Waals surface area (Å²) in [5, 5.41) is 0. The molecule has 3 aliphatic rings. The van der Waals surface area contributed by atoms with Crippen LogP contribution in [-0.2, 0) is 9.53 Å². The lowest BCUT2D eigenvalue weighted by Crippen LogP contribution is -2.47. The Labute approximate surface area is 183 Å². The third-order valence-electron chi connectivity index (χ3n) is 7.08. The van der Waals surface area contributed by atoms with Crippen LogP contribution >= 0.6 is 0 Å². The lowest BCUT2D eigenvalue weighted by molar-refractivity contribution is -0.129. The third-order valence-corrected chi connectivity index (χ3v) is 7.08. The van der Waals surface area contributed by atoms with Crippen molar-refractivity contribution in [2.75, 3.05) is 51.5 Å². The average Bonchev–Trinajstić information content (AvgIpc) is 3.12. The maximum atomic E-state index is 12.1. The minimum Gasteiger partial charge on any atom is -0.454 e. The second kappa shape index (κ2) is 10.0. The first-order chi connectivity index (χ1) is 15.3. The van der Waals surface area contributed by atoms with Crippen molar-refractivity contribution < 1.29 is 21.7 Å². The van der Waals surface area contributed by atoms with Crippen molar-refractivity contribution >= 4 is 11.5 Å². The fraction of sp³-hybridized carbons (Fsp3) is 0.708. The first kappa shape index (κ1) is 18.9. The smallest absolute Gasteiger partial charge is 0.231 e. The van der Waals surface area contributed by atoms with Crippen LogP contribution in [0.1, 0.15) is 48.2 Å². The number of benzene rings is 1. The van der Waals surface area contributed by atoms with E-state index in [1.54, 1.807) is 13.2 Å². The van der Waals surface area contributed by atoms with Gasteiger partial charge in [-0.15, -0.1) is 0 Å². The normalized spacial score (nSPS) is 28.0. The van der Waals surface area contributed by atoms with E-state index < -0.39 is 6.75 Å². The number of piperazine rings is 1. The van der Waals surface area contributed by atoms with Gasteiger partial charge in [0, 0.05) is 39.7 Å². The number of Topliss-reactive ketones (excluding diaryl/α,β-unsaturated/α-hetero) is 1. The Balaban J connectivity index is 1.18. The number of para-hydroxylation sites is 1. The molecule has 1 aromatic rings. The van der Waals surface area contributed by atoms with Crippen LogP contribution in [0.25, 0.3) is 0 Å². The Morgan fingerprint density at radius 3 is 2.63 bits per heavy atom. The fourth-order valence-electron chi connectivity index (χ4n) is 4.93. The van der Waals surface area contributed by atoms with Crippen molar-refractivity contribution in [1.29, 1.82) is 0 Å². The van der Waals surface area contributed by atoms with Gasteiger partial charge in [0.25, 0.3) is 0 Å². The van der Waals surface area contributed by atoms with Gasteiger partial charge in [0.1, 0.15) is 8.85 Å². The molecule has 0 amide bonds. The summed E-state index contributed by atoms with van der Waals surface area (Å²) in [6.45, 7) is 4.67. The van der Waals surface area contributed by atoms with Gasteiger partial charge < -0.3 is 19.1 Å². The SMILES string of the molecule is [2H]C1([2H])Oc2cccc(N3CCN(CCC4CCC(CC(=O)[C@@H](C)OC)CC4)CC3)c2O1. The van der Waals surface area contributed by atoms with Gasteiger partial charge in [-0.05, 0) is 56.7 Å². The molecule has 166 valence electrons. The summed E-state index contributed by atoms with van der Waals surface area (Å²) in [5.74, 6) is 2.53. The van der Waals surface area contributed by atoms with Crippen molar-refractivity contribution in [2.24, 2.45) is 11.8 Å². The summed E-state index contributed by atoms with van der Waals surface area (Å²) in [7, 11) is 1.60. The first-order valence-electron chi connectivity index (χ1n) is 12.4. The lowest BCUT2D eigenvalue weighted by atomic mass is 9.78. The second-order valence-electron chi connectivity index (χ2n) is 8.94. The van der Waals surface area contributed by atoms with E-state index in [0.29, 0.717) is 23.8 Å². The molecule has 0 N–H and O–H groups in total. The minimum atomic E-state index is -2.09. The van der Waals surface area contributed by atoms with E-state index in [0.717, 1.165) is 57.2 Å². The number of ketones is 1. The van der Waals surface area contributed by atoms with Crippen molar-refractivity contribution in [3.63, 3.8) is 0 Å². The fourth-order valence-corrected chi connectivity index (χ4v) is 4.93. The maximum absolute atomic E-state index is 12.1. The van der Waals surface area contributed by atoms with Crippen molar-refractivity contribution in [2.45, 2.75) is 51.6 Å². The van der Waals surface area contributed by atoms with Crippen LogP contribution in [0.2, 0.25) is 0 Å². The molecule has 30 heavy (non-hydrogen) atoms. The highest BCUT2D eigenvalue weighted by Gasteiger charge is 2.27. The van der Waals surface area contributed by atoms with Gasteiger partial charge in [-0.3, -0.25) is 9.69 Å². The average molecular weight is 419 g/mol. The highest BCUT2D eigenvalue weighted by Crippen LogP contribution is 2.41. The zero-order valence-electron chi connectivity index (χ0n) is 20.3. The Kier molecular flexibility index (Phi) is 6.32. The number of carbonyl (C=O) groups is 1. The van der Waals surface area contributed by atoms with Crippen LogP contribution in [0, 0.1) is 11.8 Å². The van der Waals surface area contributed by atoms with Gasteiger partial charge in [0.15, 0.2) is 17.3 Å². The van der Waals surface area contributed by atoms with E-state index in [4.69, 9.17) is 17.0 Å². The quantitative estimate of drug-likeness (QED) is 0.641. The summed E-state index contributed by atoms with van der Waals surface area (Å²) in [6, 6.07) is 5.63. The minimum absolute atomic E-state index is 0.242. The molecule has 2 fully saturated rings. The summed E-state index contributed by atoms with van der Waals surface area (Å²) in [5.41, 5.74) is 0.916. The molecule has 1 aromatic carbocycles. The first-order valence-corrected chi connectivity index (χ1v) is 11.4. The molecule has 0 unspecified atom stereocenters. The molecular weight excluding hydrogens is 380 g/mol. The topological polar surface area (TPSA) is 51.2 Å². The Morgan fingerprint density at radius 2 is 1.90 bits per heavy atom. The highest BCUT2D eigenvalue weighted by atomic mass is 16.7. The summed E-state index contributed by atoms with van der Waals surface area (Å²) in [6.07, 6.45) is 6.41. The number of hydrogen-bond donors (Lipinski definition) is 0. The number of methoxy groups -OCH3 is 1. The second-order valence-corrected chi connectivity index (χ2v) is 8.94. The molecular formula is C24H36N2O4. The largest absolute Gasteiger partial charge is 0.454 e. The molecule has 1 atom stereocenters. The van der Waals surface area contributed by atoms with E-state index in [2.05, 4.69) is 9.80 Å². The van der Waals surface area contributed by atoms with E-state index >= 15 is 0 Å². The molecule has 0 bridgehead atoms. The maximum Gasteiger partial charge on any atom is 0.231 e. The zero-order chi connectivity index (χ0) is 22.7. The molecule has 2 aliphatic heterocycles. The molecule has 1 aliphatic carbocycles. The number of nitrogens with zero attached hydrogens (tertiary/aromatic N) is 2. The van der Waals surface area contributed by atoms with E-state index in [1.807, 2.05) is 19.1 Å². The molecule has 1 saturated carbocycles. The molecule has 4 rings (SSSR count). The van der Waals surface area contributed by atoms with E-state index in [1.165, 1.54) is 19.3 Å². The van der Waals surface area contributed by atoms with Crippen LogP contribution in [-0.4, -0.2) is 63.4 Å². The predicted octanol–water partition coefficient (Wildman–Crippen LogP) is 3.73. The van der Waals surface area contributed by atoms with Crippen LogP contribution < -0.4 is 14.4 Å². The molecule has 0 aromatic heterocycles. The van der Waals surface area contributed by atoms with E-state index in [-0.39, 0.29) is 11.9 Å². The molecule has 0 radical (unpaired) electrons. The molecule has 6 nitrogen and oxygen atoms in total. The number of rotatable bonds is 8. The lowest BCUT2D eigenvalue weighted by Gasteiger charge is -2.37. The Bertz CT molecular complexity index is 790. The number of ether oxygens (including phenoxy) is 3. The van der Waals surface area contributed by atoms with Crippen LogP contribution in [0.15, 0.2) is 18.2 Å². The Morgan fingerprint density at radius 1 is 1.17 bits per heavy atom. The summed E-state index contributed by atoms with van der Waals surface area (Å²) >= 11 is 0. The van der Waals surface area contributed by atoms with Gasteiger partial charge >= 0.3 is 0 Å². The van der Waals surface area contributed by atoms with Crippen molar-refractivity contribution in [3.05, 3.63) is 18.2 Å². The van der Waals surface area contributed by atoms with Crippen molar-refractivity contribution in [1.82, 2.24) is 4.90 Å². The monoisotopic (exact) mass is 418 g/mol. The van der Waals surface area contributed by atoms with Crippen LogP contribution in [0.3, 0.4) is 0 Å². The molecule has 6 heteroatoms. The number of hydrogen-bond acceptors (Lipinski definition) is 6. The van der Waals surface area contributed by atoms with Crippen molar-refractivity contribution in [3.8, 4) is 11.5 Å². The summed E-state index contributed by atoms with van der Waals surface area (Å²) < 4.78 is 31.2. The number of anilines is 1. The predicted molar refractivity (Wildman–Crippen MR) is 117 cm³/mol. The molecule has 0 spiro atoms. The number of carbonyl (C=O) groups excluding carboxylic acids is 1.